The van der Waals surface area contributed by atoms with Gasteiger partial charge in [0, 0.05) is 49.8 Å². The molecule has 1 unspecified atom stereocenters. The van der Waals surface area contributed by atoms with E-state index >= 15 is 0 Å². The van der Waals surface area contributed by atoms with E-state index in [1.807, 2.05) is 14.0 Å². The van der Waals surface area contributed by atoms with Gasteiger partial charge in [0.05, 0.1) is 18.0 Å². The fourth-order valence-electron chi connectivity index (χ4n) is 4.88. The van der Waals surface area contributed by atoms with Gasteiger partial charge in [-0.1, -0.05) is 0 Å². The lowest BCUT2D eigenvalue weighted by Gasteiger charge is -2.35. The number of piperidine rings is 1. The van der Waals surface area contributed by atoms with Crippen LogP contribution >= 0.6 is 0 Å². The van der Waals surface area contributed by atoms with Crippen LogP contribution in [0.15, 0.2) is 24.7 Å². The van der Waals surface area contributed by atoms with Gasteiger partial charge in [0.2, 0.25) is 11.8 Å². The zero-order chi connectivity index (χ0) is 23.1. The summed E-state index contributed by atoms with van der Waals surface area (Å²) < 4.78 is 21.6. The number of pyridine rings is 1. The Morgan fingerprint density at radius 2 is 2.06 bits per heavy atom. The third kappa shape index (κ3) is 4.22. The third-order valence-corrected chi connectivity index (χ3v) is 6.46. The number of hydrogen-bond acceptors (Lipinski definition) is 7. The molecule has 5 rings (SSSR count). The van der Waals surface area contributed by atoms with E-state index in [1.165, 1.54) is 25.1 Å². The minimum Gasteiger partial charge on any atom is -0.477 e. The maximum absolute atomic E-state index is 14.4. The minimum atomic E-state index is -0.518. The van der Waals surface area contributed by atoms with Crippen LogP contribution in [0.25, 0.3) is 5.65 Å². The second-order valence-corrected chi connectivity index (χ2v) is 8.84. The SMILES string of the molecule is CCOc1nc(N(C)C2C[C@H]3CC[C@@H](C2)N3)ncc1C(=O)Nc1cc(F)c2nc(C)cn2c1. The summed E-state index contributed by atoms with van der Waals surface area (Å²) in [7, 11) is 1.99. The number of aromatic nitrogens is 4. The summed E-state index contributed by atoms with van der Waals surface area (Å²) in [6.45, 7) is 3.97. The number of nitrogens with zero attached hydrogens (tertiary/aromatic N) is 5. The van der Waals surface area contributed by atoms with Gasteiger partial charge in [-0.25, -0.2) is 14.4 Å². The first-order valence-corrected chi connectivity index (χ1v) is 11.4. The van der Waals surface area contributed by atoms with Gasteiger partial charge in [-0.15, -0.1) is 0 Å². The van der Waals surface area contributed by atoms with Gasteiger partial charge in [-0.05, 0) is 39.5 Å². The van der Waals surface area contributed by atoms with Crippen molar-refractivity contribution in [1.82, 2.24) is 24.7 Å². The summed E-state index contributed by atoms with van der Waals surface area (Å²) in [5.74, 6) is -0.246. The predicted molar refractivity (Wildman–Crippen MR) is 122 cm³/mol. The Balaban J connectivity index is 1.38. The molecule has 0 spiro atoms. The molecule has 2 fully saturated rings. The molecular weight excluding hydrogens is 425 g/mol. The molecule has 3 atom stereocenters. The first-order valence-electron chi connectivity index (χ1n) is 11.4. The van der Waals surface area contributed by atoms with E-state index in [0.29, 0.717) is 42.1 Å². The maximum Gasteiger partial charge on any atom is 0.262 e. The van der Waals surface area contributed by atoms with Gasteiger partial charge in [0.25, 0.3) is 5.91 Å². The van der Waals surface area contributed by atoms with Crippen LogP contribution in [0.1, 0.15) is 48.7 Å². The van der Waals surface area contributed by atoms with Gasteiger partial charge in [-0.2, -0.15) is 4.98 Å². The second-order valence-electron chi connectivity index (χ2n) is 8.84. The fraction of sp³-hybridized carbons (Fsp3) is 0.478. The maximum atomic E-state index is 14.4. The Morgan fingerprint density at radius 3 is 2.79 bits per heavy atom. The molecule has 3 aromatic heterocycles. The number of nitrogens with one attached hydrogen (secondary N) is 2. The summed E-state index contributed by atoms with van der Waals surface area (Å²) in [6, 6.07) is 2.68. The van der Waals surface area contributed by atoms with Gasteiger partial charge in [0.15, 0.2) is 11.5 Å². The fourth-order valence-corrected chi connectivity index (χ4v) is 4.88. The molecule has 0 aromatic carbocycles. The monoisotopic (exact) mass is 453 g/mol. The Bertz CT molecular complexity index is 1190. The lowest BCUT2D eigenvalue weighted by Crippen LogP contribution is -2.47. The predicted octanol–water partition coefficient (Wildman–Crippen LogP) is 2.94. The van der Waals surface area contributed by atoms with Crippen molar-refractivity contribution in [3.63, 3.8) is 0 Å². The molecule has 2 N–H and O–H groups in total. The van der Waals surface area contributed by atoms with E-state index in [9.17, 15) is 9.18 Å². The summed E-state index contributed by atoms with van der Waals surface area (Å²) in [5, 5.41) is 6.37. The van der Waals surface area contributed by atoms with Crippen LogP contribution < -0.4 is 20.3 Å². The lowest BCUT2D eigenvalue weighted by molar-refractivity contribution is 0.102. The van der Waals surface area contributed by atoms with Crippen LogP contribution in [0.4, 0.5) is 16.0 Å². The van der Waals surface area contributed by atoms with Crippen molar-refractivity contribution in [2.24, 2.45) is 0 Å². The number of carbonyl (C=O) groups excluding carboxylic acids is 1. The number of ether oxygens (including phenoxy) is 1. The van der Waals surface area contributed by atoms with Gasteiger partial charge in [-0.3, -0.25) is 4.79 Å². The van der Waals surface area contributed by atoms with Crippen molar-refractivity contribution < 1.29 is 13.9 Å². The number of amides is 1. The van der Waals surface area contributed by atoms with Gasteiger partial charge in [0.1, 0.15) is 5.56 Å². The largest absolute Gasteiger partial charge is 0.477 e. The molecule has 3 aromatic rings. The molecule has 33 heavy (non-hydrogen) atoms. The van der Waals surface area contributed by atoms with Crippen molar-refractivity contribution >= 4 is 23.2 Å². The molecule has 5 heterocycles. The molecule has 2 bridgehead atoms. The smallest absolute Gasteiger partial charge is 0.262 e. The molecule has 0 aliphatic carbocycles. The van der Waals surface area contributed by atoms with E-state index in [2.05, 4.69) is 30.5 Å². The molecule has 10 heteroatoms. The van der Waals surface area contributed by atoms with E-state index in [0.717, 1.165) is 12.8 Å². The molecular formula is C23H28FN7O2. The molecule has 2 aliphatic heterocycles. The molecule has 9 nitrogen and oxygen atoms in total. The normalized spacial score (nSPS) is 21.9. The van der Waals surface area contributed by atoms with Crippen molar-refractivity contribution in [3.05, 3.63) is 41.7 Å². The number of aryl methyl sites for hydroxylation is 1. The van der Waals surface area contributed by atoms with Gasteiger partial charge >= 0.3 is 0 Å². The number of hydrogen-bond donors (Lipinski definition) is 2. The van der Waals surface area contributed by atoms with Gasteiger partial charge < -0.3 is 24.7 Å². The summed E-state index contributed by atoms with van der Waals surface area (Å²) in [5.41, 5.74) is 1.39. The van der Waals surface area contributed by atoms with Crippen LogP contribution in [-0.4, -0.2) is 57.0 Å². The Labute approximate surface area is 191 Å². The average Bonchev–Trinajstić information content (AvgIpc) is 3.33. The lowest BCUT2D eigenvalue weighted by atomic mass is 9.99. The molecule has 0 saturated carbocycles. The van der Waals surface area contributed by atoms with Crippen molar-refractivity contribution in [2.75, 3.05) is 23.9 Å². The van der Waals surface area contributed by atoms with E-state index in [1.54, 1.807) is 23.7 Å². The minimum absolute atomic E-state index is 0.196. The number of halogens is 1. The van der Waals surface area contributed by atoms with Crippen LogP contribution in [0.2, 0.25) is 0 Å². The number of rotatable bonds is 6. The third-order valence-electron chi connectivity index (χ3n) is 6.46. The average molecular weight is 454 g/mol. The second kappa shape index (κ2) is 8.58. The highest BCUT2D eigenvalue weighted by Crippen LogP contribution is 2.31. The topological polar surface area (TPSA) is 96.7 Å². The zero-order valence-electron chi connectivity index (χ0n) is 19.0. The standard InChI is InChI=1S/C23H28FN7O2/c1-4-33-22-18(21(32)28-16-9-19(24)20-26-13(2)11-31(20)12-16)10-25-23(29-22)30(3)17-7-14-5-6-15(8-17)27-14/h9-12,14-15,17,27H,4-8H2,1-3H3,(H,28,32)/t14-,15+,17?. The summed E-state index contributed by atoms with van der Waals surface area (Å²) in [6.07, 6.45) is 9.31. The number of carbonyl (C=O) groups is 1. The highest BCUT2D eigenvalue weighted by Gasteiger charge is 2.36. The van der Waals surface area contributed by atoms with Crippen LogP contribution in [0.5, 0.6) is 5.88 Å². The number of fused-ring (bicyclic) bond motifs is 3. The first-order chi connectivity index (χ1) is 15.9. The molecule has 174 valence electrons. The van der Waals surface area contributed by atoms with E-state index < -0.39 is 11.7 Å². The van der Waals surface area contributed by atoms with E-state index in [-0.39, 0.29) is 17.1 Å². The highest BCUT2D eigenvalue weighted by molar-refractivity contribution is 6.05. The van der Waals surface area contributed by atoms with Crippen molar-refractivity contribution in [2.45, 2.75) is 57.7 Å². The van der Waals surface area contributed by atoms with Crippen LogP contribution in [-0.2, 0) is 0 Å². The number of imidazole rings is 1. The summed E-state index contributed by atoms with van der Waals surface area (Å²) >= 11 is 0. The first kappa shape index (κ1) is 21.6. The molecule has 0 radical (unpaired) electrons. The van der Waals surface area contributed by atoms with Crippen LogP contribution in [0, 0.1) is 12.7 Å². The quantitative estimate of drug-likeness (QED) is 0.592. The molecule has 1 amide bonds. The Hall–Kier alpha value is -3.27. The van der Waals surface area contributed by atoms with Crippen LogP contribution in [0.3, 0.4) is 0 Å². The number of anilines is 2. The Morgan fingerprint density at radius 1 is 1.30 bits per heavy atom. The molecule has 2 aliphatic rings. The van der Waals surface area contributed by atoms with Crippen molar-refractivity contribution in [3.8, 4) is 5.88 Å². The highest BCUT2D eigenvalue weighted by atomic mass is 19.1. The Kier molecular flexibility index (Phi) is 5.61. The zero-order valence-corrected chi connectivity index (χ0v) is 19.0. The summed E-state index contributed by atoms with van der Waals surface area (Å²) in [4.78, 5) is 28.2. The van der Waals surface area contributed by atoms with Crippen molar-refractivity contribution in [1.29, 1.82) is 0 Å². The molecule has 2 saturated heterocycles. The van der Waals surface area contributed by atoms with E-state index in [4.69, 9.17) is 4.74 Å².